The van der Waals surface area contributed by atoms with Crippen LogP contribution in [-0.4, -0.2) is 19.3 Å². The summed E-state index contributed by atoms with van der Waals surface area (Å²) in [5.74, 6) is -0.218. The zero-order chi connectivity index (χ0) is 19.4. The van der Waals surface area contributed by atoms with Gasteiger partial charge in [0.1, 0.15) is 4.21 Å². The van der Waals surface area contributed by atoms with Crippen LogP contribution in [-0.2, 0) is 14.8 Å². The second-order valence-corrected chi connectivity index (χ2v) is 9.36. The van der Waals surface area contributed by atoms with E-state index in [1.165, 1.54) is 6.07 Å². The van der Waals surface area contributed by atoms with E-state index in [-0.39, 0.29) is 20.7 Å². The number of amides is 1. The average Bonchev–Trinajstić information content (AvgIpc) is 3.28. The van der Waals surface area contributed by atoms with Crippen molar-refractivity contribution in [2.75, 3.05) is 10.0 Å². The Kier molecular flexibility index (Phi) is 5.78. The number of carbonyl (C=O) groups is 1. The van der Waals surface area contributed by atoms with Gasteiger partial charge >= 0.3 is 4.87 Å². The van der Waals surface area contributed by atoms with Crippen molar-refractivity contribution < 1.29 is 13.2 Å². The van der Waals surface area contributed by atoms with Crippen molar-refractivity contribution in [3.05, 3.63) is 50.8 Å². The Morgan fingerprint density at radius 1 is 1.19 bits per heavy atom. The van der Waals surface area contributed by atoms with Crippen molar-refractivity contribution >= 4 is 50.0 Å². The Balaban J connectivity index is 1.98. The van der Waals surface area contributed by atoms with Gasteiger partial charge in [-0.2, -0.15) is 0 Å². The van der Waals surface area contributed by atoms with Crippen molar-refractivity contribution in [3.8, 4) is 11.3 Å². The molecule has 0 bridgehead atoms. The molecule has 7 nitrogen and oxygen atoms in total. The maximum Gasteiger partial charge on any atom is 0.304 e. The molecule has 0 atom stereocenters. The first kappa shape index (κ1) is 19.3. The van der Waals surface area contributed by atoms with Crippen LogP contribution < -0.4 is 14.9 Å². The molecular formula is C17H17N3O4S3. The largest absolute Gasteiger partial charge is 0.324 e. The first-order valence-corrected chi connectivity index (χ1v) is 11.3. The van der Waals surface area contributed by atoms with Crippen molar-refractivity contribution in [2.24, 2.45) is 0 Å². The molecule has 10 heteroatoms. The number of hydrogen-bond acceptors (Lipinski definition) is 6. The summed E-state index contributed by atoms with van der Waals surface area (Å²) in [5.41, 5.74) is 1.86. The lowest BCUT2D eigenvalue weighted by Gasteiger charge is -2.14. The molecule has 0 spiro atoms. The van der Waals surface area contributed by atoms with Crippen LogP contribution in [0.1, 0.15) is 19.8 Å². The Bertz CT molecular complexity index is 1100. The molecule has 0 saturated heterocycles. The van der Waals surface area contributed by atoms with Crippen LogP contribution in [0.2, 0.25) is 0 Å². The number of carbonyl (C=O) groups excluding carboxylic acids is 1. The lowest BCUT2D eigenvalue weighted by molar-refractivity contribution is -0.116. The number of aromatic nitrogens is 1. The molecule has 0 fully saturated rings. The zero-order valence-electron chi connectivity index (χ0n) is 14.3. The quantitative estimate of drug-likeness (QED) is 0.538. The fraction of sp³-hybridized carbons (Fsp3) is 0.176. The highest BCUT2D eigenvalue weighted by Crippen LogP contribution is 2.31. The standard InChI is InChI=1S/C17H17N3O4S3/c1-2-4-15(21)18-13-9-11(14-10-26-17(22)19-14)6-7-12(13)20-27(23,24)16-5-3-8-25-16/h3,5-10,20H,2,4H2,1H3,(H,18,21)(H,19,22). The number of thiazole rings is 1. The lowest BCUT2D eigenvalue weighted by atomic mass is 10.1. The topological polar surface area (TPSA) is 108 Å². The highest BCUT2D eigenvalue weighted by molar-refractivity contribution is 7.94. The molecule has 1 amide bonds. The Labute approximate surface area is 164 Å². The number of benzene rings is 1. The number of nitrogens with one attached hydrogen (secondary N) is 3. The van der Waals surface area contributed by atoms with Gasteiger partial charge in [0.15, 0.2) is 0 Å². The number of aromatic amines is 1. The van der Waals surface area contributed by atoms with E-state index in [4.69, 9.17) is 0 Å². The Morgan fingerprint density at radius 2 is 2.00 bits per heavy atom. The van der Waals surface area contributed by atoms with Gasteiger partial charge < -0.3 is 10.3 Å². The molecule has 2 aromatic heterocycles. The molecule has 2 heterocycles. The third kappa shape index (κ3) is 4.65. The normalized spacial score (nSPS) is 11.3. The van der Waals surface area contributed by atoms with Gasteiger partial charge in [-0.05, 0) is 30.0 Å². The van der Waals surface area contributed by atoms with Crippen molar-refractivity contribution in [3.63, 3.8) is 0 Å². The van der Waals surface area contributed by atoms with Crippen molar-refractivity contribution in [1.82, 2.24) is 4.98 Å². The molecule has 0 radical (unpaired) electrons. The number of H-pyrrole nitrogens is 1. The van der Waals surface area contributed by atoms with E-state index in [2.05, 4.69) is 15.0 Å². The third-order valence-corrected chi connectivity index (χ3v) is 7.04. The maximum atomic E-state index is 12.5. The van der Waals surface area contributed by atoms with Crippen LogP contribution in [0.5, 0.6) is 0 Å². The van der Waals surface area contributed by atoms with Crippen molar-refractivity contribution in [2.45, 2.75) is 24.0 Å². The van der Waals surface area contributed by atoms with Crippen LogP contribution in [0.15, 0.2) is 50.1 Å². The number of hydrogen-bond donors (Lipinski definition) is 3. The summed E-state index contributed by atoms with van der Waals surface area (Å²) < 4.78 is 27.8. The predicted octanol–water partition coefficient (Wildman–Crippen LogP) is 3.70. The van der Waals surface area contributed by atoms with Crippen LogP contribution >= 0.6 is 22.7 Å². The molecule has 142 valence electrons. The van der Waals surface area contributed by atoms with Gasteiger partial charge in [-0.1, -0.05) is 30.4 Å². The second kappa shape index (κ2) is 8.07. The second-order valence-electron chi connectivity index (χ2n) is 5.66. The van der Waals surface area contributed by atoms with Crippen LogP contribution in [0.3, 0.4) is 0 Å². The number of thiophene rings is 1. The minimum atomic E-state index is -3.75. The number of sulfonamides is 1. The average molecular weight is 424 g/mol. The summed E-state index contributed by atoms with van der Waals surface area (Å²) >= 11 is 2.13. The molecule has 3 aromatic rings. The van der Waals surface area contributed by atoms with Gasteiger partial charge in [0.2, 0.25) is 5.91 Å². The van der Waals surface area contributed by atoms with Gasteiger partial charge in [0, 0.05) is 17.4 Å². The molecule has 1 aromatic carbocycles. The van der Waals surface area contributed by atoms with E-state index >= 15 is 0 Å². The van der Waals surface area contributed by atoms with E-state index in [9.17, 15) is 18.0 Å². The summed E-state index contributed by atoms with van der Waals surface area (Å²) in [6, 6.07) is 8.04. The van der Waals surface area contributed by atoms with E-state index in [1.54, 1.807) is 35.0 Å². The number of rotatable bonds is 7. The fourth-order valence-electron chi connectivity index (χ4n) is 2.38. The molecule has 0 aliphatic carbocycles. The Hall–Kier alpha value is -2.43. The van der Waals surface area contributed by atoms with E-state index in [0.29, 0.717) is 29.8 Å². The first-order chi connectivity index (χ1) is 12.9. The highest BCUT2D eigenvalue weighted by Gasteiger charge is 2.18. The molecule has 3 rings (SSSR count). The molecule has 0 aliphatic rings. The van der Waals surface area contributed by atoms with E-state index < -0.39 is 10.0 Å². The minimum Gasteiger partial charge on any atom is -0.324 e. The van der Waals surface area contributed by atoms with E-state index in [1.807, 2.05) is 6.92 Å². The summed E-state index contributed by atoms with van der Waals surface area (Å²) in [7, 11) is -3.75. The summed E-state index contributed by atoms with van der Waals surface area (Å²) in [6.45, 7) is 1.88. The zero-order valence-corrected chi connectivity index (χ0v) is 16.8. The molecule has 3 N–H and O–H groups in total. The maximum absolute atomic E-state index is 12.5. The van der Waals surface area contributed by atoms with Gasteiger partial charge in [-0.15, -0.1) is 11.3 Å². The molecule has 0 unspecified atom stereocenters. The SMILES string of the molecule is CCCC(=O)Nc1cc(-c2csc(=O)[nH]2)ccc1NS(=O)(=O)c1cccs1. The Morgan fingerprint density at radius 3 is 2.63 bits per heavy atom. The van der Waals surface area contributed by atoms with E-state index in [0.717, 1.165) is 22.7 Å². The summed E-state index contributed by atoms with van der Waals surface area (Å²) in [5, 5.41) is 6.09. The third-order valence-electron chi connectivity index (χ3n) is 3.61. The molecule has 27 heavy (non-hydrogen) atoms. The van der Waals surface area contributed by atoms with Crippen LogP contribution in [0, 0.1) is 0 Å². The highest BCUT2D eigenvalue weighted by atomic mass is 32.2. The minimum absolute atomic E-state index is 0.180. The first-order valence-electron chi connectivity index (χ1n) is 8.07. The van der Waals surface area contributed by atoms with Crippen LogP contribution in [0.25, 0.3) is 11.3 Å². The number of anilines is 2. The van der Waals surface area contributed by atoms with Crippen molar-refractivity contribution in [1.29, 1.82) is 0 Å². The fourth-order valence-corrected chi connectivity index (χ4v) is 5.04. The summed E-state index contributed by atoms with van der Waals surface area (Å²) in [6.07, 6.45) is 0.982. The molecule has 0 saturated carbocycles. The van der Waals surface area contributed by atoms with Gasteiger partial charge in [0.25, 0.3) is 10.0 Å². The van der Waals surface area contributed by atoms with Gasteiger partial charge in [0.05, 0.1) is 17.1 Å². The lowest BCUT2D eigenvalue weighted by Crippen LogP contribution is -2.16. The summed E-state index contributed by atoms with van der Waals surface area (Å²) in [4.78, 5) is 26.0. The molecular weight excluding hydrogens is 406 g/mol. The van der Waals surface area contributed by atoms with Crippen LogP contribution in [0.4, 0.5) is 11.4 Å². The van der Waals surface area contributed by atoms with Gasteiger partial charge in [-0.25, -0.2) is 8.42 Å². The monoisotopic (exact) mass is 423 g/mol. The predicted molar refractivity (Wildman–Crippen MR) is 109 cm³/mol. The van der Waals surface area contributed by atoms with Gasteiger partial charge in [-0.3, -0.25) is 14.3 Å². The molecule has 0 aliphatic heterocycles. The smallest absolute Gasteiger partial charge is 0.304 e.